The van der Waals surface area contributed by atoms with E-state index >= 15 is 0 Å². The first kappa shape index (κ1) is 14.8. The number of hydrogen-bond donors (Lipinski definition) is 2. The molecule has 0 spiro atoms. The molecule has 1 aliphatic rings. The average molecular weight is 316 g/mol. The van der Waals surface area contributed by atoms with Crippen LogP contribution in [0.5, 0.6) is 17.2 Å². The van der Waals surface area contributed by atoms with Gasteiger partial charge in [-0.3, -0.25) is 4.79 Å². The third-order valence-corrected chi connectivity index (χ3v) is 3.31. The van der Waals surface area contributed by atoms with Gasteiger partial charge >= 0.3 is 0 Å². The number of benzene rings is 2. The van der Waals surface area contributed by atoms with Crippen molar-refractivity contribution in [1.29, 1.82) is 0 Å². The number of aromatic hydroxyl groups is 1. The van der Waals surface area contributed by atoms with Crippen molar-refractivity contribution >= 4 is 11.6 Å². The Labute approximate surface area is 131 Å². The van der Waals surface area contributed by atoms with E-state index in [1.807, 2.05) is 0 Å². The molecule has 118 valence electrons. The van der Waals surface area contributed by atoms with Crippen LogP contribution in [0, 0.1) is 5.82 Å². The molecule has 0 aromatic heterocycles. The molecule has 0 aliphatic carbocycles. The number of halogens is 1. The second-order valence-electron chi connectivity index (χ2n) is 4.87. The Kier molecular flexibility index (Phi) is 3.84. The van der Waals surface area contributed by atoms with Gasteiger partial charge in [-0.15, -0.1) is 0 Å². The number of carbonyl (C=O) groups excluding carboxylic acids is 1. The fraction of sp³-hybridized carbons (Fsp3) is 0.125. The van der Waals surface area contributed by atoms with Gasteiger partial charge in [0.15, 0.2) is 11.5 Å². The van der Waals surface area contributed by atoms with Crippen molar-refractivity contribution in [2.45, 2.75) is 6.92 Å². The molecule has 0 bridgehead atoms. The van der Waals surface area contributed by atoms with E-state index in [0.717, 1.165) is 12.1 Å². The first-order valence-corrected chi connectivity index (χ1v) is 6.78. The minimum atomic E-state index is -0.505. The van der Waals surface area contributed by atoms with Crippen molar-refractivity contribution in [2.75, 3.05) is 6.79 Å². The lowest BCUT2D eigenvalue weighted by atomic mass is 10.1. The van der Waals surface area contributed by atoms with Gasteiger partial charge in [0, 0.05) is 11.1 Å². The Morgan fingerprint density at radius 3 is 2.83 bits per heavy atom. The molecular formula is C16H13FN2O4. The van der Waals surface area contributed by atoms with Crippen LogP contribution < -0.4 is 14.9 Å². The number of nitrogens with zero attached hydrogens (tertiary/aromatic N) is 1. The standard InChI is InChI=1S/C16H13FN2O4/c1-9(12-7-11(17)3-4-13(12)20)18-19-16(21)10-2-5-14-15(6-10)23-8-22-14/h2-7,20H,8H2,1H3,(H,19,21). The number of ether oxygens (including phenoxy) is 2. The number of carbonyl (C=O) groups is 1. The molecular weight excluding hydrogens is 303 g/mol. The number of phenolic OH excluding ortho intramolecular Hbond substituents is 1. The SMILES string of the molecule is CC(=NNC(=O)c1ccc2c(c1)OCO2)c1cc(F)ccc1O. The predicted molar refractivity (Wildman–Crippen MR) is 80.3 cm³/mol. The van der Waals surface area contributed by atoms with Gasteiger partial charge in [-0.2, -0.15) is 5.10 Å². The molecule has 3 rings (SSSR count). The van der Waals surface area contributed by atoms with Crippen LogP contribution in [-0.4, -0.2) is 23.5 Å². The molecule has 2 N–H and O–H groups in total. The maximum atomic E-state index is 13.2. The smallest absolute Gasteiger partial charge is 0.271 e. The summed E-state index contributed by atoms with van der Waals surface area (Å²) < 4.78 is 23.6. The van der Waals surface area contributed by atoms with Crippen molar-refractivity contribution in [2.24, 2.45) is 5.10 Å². The Morgan fingerprint density at radius 2 is 2.00 bits per heavy atom. The summed E-state index contributed by atoms with van der Waals surface area (Å²) in [5.41, 5.74) is 3.17. The normalized spacial score (nSPS) is 13.0. The molecule has 0 radical (unpaired) electrons. The number of fused-ring (bicyclic) bond motifs is 1. The third-order valence-electron chi connectivity index (χ3n) is 3.31. The van der Waals surface area contributed by atoms with Gasteiger partial charge in [-0.25, -0.2) is 9.82 Å². The molecule has 0 atom stereocenters. The van der Waals surface area contributed by atoms with Crippen LogP contribution in [0.4, 0.5) is 4.39 Å². The second-order valence-corrected chi connectivity index (χ2v) is 4.87. The van der Waals surface area contributed by atoms with E-state index in [1.165, 1.54) is 6.07 Å². The Morgan fingerprint density at radius 1 is 1.22 bits per heavy atom. The maximum absolute atomic E-state index is 13.2. The lowest BCUT2D eigenvalue weighted by Crippen LogP contribution is -2.19. The van der Waals surface area contributed by atoms with Crippen LogP contribution >= 0.6 is 0 Å². The van der Waals surface area contributed by atoms with E-state index in [-0.39, 0.29) is 23.8 Å². The molecule has 1 aliphatic heterocycles. The van der Waals surface area contributed by atoms with Gasteiger partial charge in [0.2, 0.25) is 6.79 Å². The molecule has 0 saturated carbocycles. The monoisotopic (exact) mass is 316 g/mol. The first-order valence-electron chi connectivity index (χ1n) is 6.78. The highest BCUT2D eigenvalue weighted by atomic mass is 19.1. The fourth-order valence-electron chi connectivity index (χ4n) is 2.10. The summed E-state index contributed by atoms with van der Waals surface area (Å²) in [6.45, 7) is 1.67. The molecule has 2 aromatic rings. The highest BCUT2D eigenvalue weighted by Gasteiger charge is 2.16. The van der Waals surface area contributed by atoms with E-state index in [9.17, 15) is 14.3 Å². The lowest BCUT2D eigenvalue weighted by Gasteiger charge is -2.06. The number of phenols is 1. The molecule has 1 heterocycles. The number of amides is 1. The molecule has 23 heavy (non-hydrogen) atoms. The van der Waals surface area contributed by atoms with Gasteiger partial charge in [0.25, 0.3) is 5.91 Å². The number of hydrogen-bond acceptors (Lipinski definition) is 5. The zero-order valence-corrected chi connectivity index (χ0v) is 12.2. The largest absolute Gasteiger partial charge is 0.507 e. The van der Waals surface area contributed by atoms with Crippen LogP contribution in [0.25, 0.3) is 0 Å². The molecule has 1 amide bonds. The van der Waals surface area contributed by atoms with Crippen LogP contribution in [-0.2, 0) is 0 Å². The molecule has 6 nitrogen and oxygen atoms in total. The van der Waals surface area contributed by atoms with Gasteiger partial charge < -0.3 is 14.6 Å². The molecule has 2 aromatic carbocycles. The molecule has 7 heteroatoms. The van der Waals surface area contributed by atoms with Gasteiger partial charge in [0.1, 0.15) is 11.6 Å². The van der Waals surface area contributed by atoms with Crippen LogP contribution in [0.1, 0.15) is 22.8 Å². The summed E-state index contributed by atoms with van der Waals surface area (Å²) in [4.78, 5) is 12.1. The number of rotatable bonds is 3. The minimum Gasteiger partial charge on any atom is -0.507 e. The van der Waals surface area contributed by atoms with Crippen molar-refractivity contribution in [3.05, 3.63) is 53.3 Å². The van der Waals surface area contributed by atoms with Crippen molar-refractivity contribution in [3.63, 3.8) is 0 Å². The van der Waals surface area contributed by atoms with E-state index in [2.05, 4.69) is 10.5 Å². The summed E-state index contributed by atoms with van der Waals surface area (Å²) >= 11 is 0. The molecule has 0 fully saturated rings. The maximum Gasteiger partial charge on any atom is 0.271 e. The highest BCUT2D eigenvalue weighted by molar-refractivity contribution is 6.02. The molecule has 0 saturated heterocycles. The summed E-state index contributed by atoms with van der Waals surface area (Å²) in [7, 11) is 0. The van der Waals surface area contributed by atoms with E-state index in [1.54, 1.807) is 25.1 Å². The second kappa shape index (κ2) is 5.96. The van der Waals surface area contributed by atoms with Crippen molar-refractivity contribution in [1.82, 2.24) is 5.43 Å². The van der Waals surface area contributed by atoms with Crippen LogP contribution in [0.15, 0.2) is 41.5 Å². The summed E-state index contributed by atoms with van der Waals surface area (Å²) in [5, 5.41) is 13.6. The van der Waals surface area contributed by atoms with E-state index in [0.29, 0.717) is 17.1 Å². The number of nitrogens with one attached hydrogen (secondary N) is 1. The summed E-state index contributed by atoms with van der Waals surface area (Å²) in [5.74, 6) is -0.0231. The van der Waals surface area contributed by atoms with Gasteiger partial charge in [-0.1, -0.05) is 0 Å². The topological polar surface area (TPSA) is 80.2 Å². The van der Waals surface area contributed by atoms with Gasteiger partial charge in [0.05, 0.1) is 5.71 Å². The number of hydrazone groups is 1. The Hall–Kier alpha value is -3.09. The van der Waals surface area contributed by atoms with E-state index < -0.39 is 11.7 Å². The average Bonchev–Trinajstić information content (AvgIpc) is 3.02. The van der Waals surface area contributed by atoms with Gasteiger partial charge in [-0.05, 0) is 43.3 Å². The Balaban J connectivity index is 1.76. The van der Waals surface area contributed by atoms with E-state index in [4.69, 9.17) is 9.47 Å². The van der Waals surface area contributed by atoms with Crippen LogP contribution in [0.2, 0.25) is 0 Å². The lowest BCUT2D eigenvalue weighted by molar-refractivity contribution is 0.0954. The third kappa shape index (κ3) is 3.08. The predicted octanol–water partition coefficient (Wildman–Crippen LogP) is 2.41. The zero-order chi connectivity index (χ0) is 16.4. The van der Waals surface area contributed by atoms with Crippen molar-refractivity contribution < 1.29 is 23.8 Å². The highest BCUT2D eigenvalue weighted by Crippen LogP contribution is 2.32. The zero-order valence-electron chi connectivity index (χ0n) is 12.2. The molecule has 0 unspecified atom stereocenters. The minimum absolute atomic E-state index is 0.120. The first-order chi connectivity index (χ1) is 11.0. The summed E-state index contributed by atoms with van der Waals surface area (Å²) in [6, 6.07) is 8.25. The summed E-state index contributed by atoms with van der Waals surface area (Å²) in [6.07, 6.45) is 0. The van der Waals surface area contributed by atoms with Crippen molar-refractivity contribution in [3.8, 4) is 17.2 Å². The van der Waals surface area contributed by atoms with Crippen LogP contribution in [0.3, 0.4) is 0 Å². The Bertz CT molecular complexity index is 805. The quantitative estimate of drug-likeness (QED) is 0.673. The fourth-order valence-corrected chi connectivity index (χ4v) is 2.10.